The van der Waals surface area contributed by atoms with Gasteiger partial charge in [0.1, 0.15) is 5.37 Å². The van der Waals surface area contributed by atoms with E-state index < -0.39 is 0 Å². The highest BCUT2D eigenvalue weighted by Gasteiger charge is 2.36. The summed E-state index contributed by atoms with van der Waals surface area (Å²) in [6.45, 7) is 4.07. The second-order valence-electron chi connectivity index (χ2n) is 7.27. The van der Waals surface area contributed by atoms with Gasteiger partial charge in [0.2, 0.25) is 5.91 Å². The van der Waals surface area contributed by atoms with Crippen LogP contribution < -0.4 is 10.2 Å². The van der Waals surface area contributed by atoms with Gasteiger partial charge in [-0.2, -0.15) is 0 Å². The van der Waals surface area contributed by atoms with Crippen LogP contribution in [0, 0.1) is 13.8 Å². The van der Waals surface area contributed by atoms with E-state index in [0.717, 1.165) is 26.9 Å². The molecule has 30 heavy (non-hydrogen) atoms. The summed E-state index contributed by atoms with van der Waals surface area (Å²) in [4.78, 5) is 27.4. The van der Waals surface area contributed by atoms with Crippen LogP contribution in [-0.2, 0) is 4.79 Å². The molecule has 1 N–H and O–H groups in total. The quantitative estimate of drug-likeness (QED) is 0.490. The van der Waals surface area contributed by atoms with Crippen molar-refractivity contribution in [3.8, 4) is 0 Å². The molecule has 1 saturated heterocycles. The van der Waals surface area contributed by atoms with E-state index in [0.29, 0.717) is 17.0 Å². The maximum Gasteiger partial charge on any atom is 0.255 e. The van der Waals surface area contributed by atoms with Crippen molar-refractivity contribution in [2.75, 3.05) is 16.0 Å². The lowest BCUT2D eigenvalue weighted by atomic mass is 10.1. The molecule has 6 heteroatoms. The summed E-state index contributed by atoms with van der Waals surface area (Å²) in [5, 5.41) is 2.83. The number of benzene rings is 3. The second kappa shape index (κ2) is 8.66. The van der Waals surface area contributed by atoms with Gasteiger partial charge in [0.05, 0.1) is 5.75 Å². The first-order valence-corrected chi connectivity index (χ1v) is 11.4. The predicted octanol–water partition coefficient (Wildman–Crippen LogP) is 6.10. The molecule has 3 aromatic carbocycles. The molecule has 1 heterocycles. The van der Waals surface area contributed by atoms with Crippen LogP contribution in [0.2, 0.25) is 0 Å². The van der Waals surface area contributed by atoms with E-state index in [1.165, 1.54) is 0 Å². The molecule has 3 aromatic rings. The lowest BCUT2D eigenvalue weighted by Crippen LogP contribution is -2.29. The van der Waals surface area contributed by atoms with E-state index in [9.17, 15) is 9.59 Å². The normalized spacial score (nSPS) is 16.0. The molecule has 4 rings (SSSR count). The molecule has 0 aliphatic carbocycles. The molecule has 1 aliphatic heterocycles. The first kappa shape index (κ1) is 20.7. The van der Waals surface area contributed by atoms with Crippen molar-refractivity contribution in [2.24, 2.45) is 0 Å². The number of carbonyl (C=O) groups excluding carboxylic acids is 2. The molecule has 0 spiro atoms. The molecule has 1 aliphatic rings. The molecular weight excluding hydrogens is 460 g/mol. The van der Waals surface area contributed by atoms with Gasteiger partial charge in [-0.1, -0.05) is 51.8 Å². The average Bonchev–Trinajstić information content (AvgIpc) is 3.10. The van der Waals surface area contributed by atoms with Crippen LogP contribution >= 0.6 is 27.7 Å². The van der Waals surface area contributed by atoms with E-state index >= 15 is 0 Å². The molecule has 0 saturated carbocycles. The second-order valence-corrected chi connectivity index (χ2v) is 9.25. The van der Waals surface area contributed by atoms with E-state index in [1.807, 2.05) is 67.3 Å². The number of nitrogens with one attached hydrogen (secondary N) is 1. The van der Waals surface area contributed by atoms with Gasteiger partial charge in [-0.15, -0.1) is 11.8 Å². The number of anilines is 2. The zero-order valence-corrected chi connectivity index (χ0v) is 19.1. The van der Waals surface area contributed by atoms with Crippen LogP contribution in [0.15, 0.2) is 71.2 Å². The number of hydrogen-bond acceptors (Lipinski definition) is 3. The minimum Gasteiger partial charge on any atom is -0.322 e. The fraction of sp³-hybridized carbons (Fsp3) is 0.167. The summed E-state index contributed by atoms with van der Waals surface area (Å²) in [6.07, 6.45) is 0. The Morgan fingerprint density at radius 1 is 1.07 bits per heavy atom. The van der Waals surface area contributed by atoms with E-state index in [4.69, 9.17) is 0 Å². The van der Waals surface area contributed by atoms with Crippen molar-refractivity contribution in [2.45, 2.75) is 19.2 Å². The van der Waals surface area contributed by atoms with Crippen molar-refractivity contribution >= 4 is 50.9 Å². The van der Waals surface area contributed by atoms with Crippen molar-refractivity contribution in [1.29, 1.82) is 0 Å². The molecule has 1 atom stereocenters. The summed E-state index contributed by atoms with van der Waals surface area (Å²) in [5.41, 5.74) is 5.34. The molecular formula is C24H21BrN2O2S. The number of rotatable bonds is 4. The van der Waals surface area contributed by atoms with Gasteiger partial charge in [-0.25, -0.2) is 0 Å². The zero-order chi connectivity index (χ0) is 21.3. The van der Waals surface area contributed by atoms with Crippen molar-refractivity contribution in [3.05, 3.63) is 93.5 Å². The smallest absolute Gasteiger partial charge is 0.255 e. The van der Waals surface area contributed by atoms with Crippen LogP contribution in [-0.4, -0.2) is 17.6 Å². The highest BCUT2D eigenvalue weighted by Crippen LogP contribution is 2.45. The predicted molar refractivity (Wildman–Crippen MR) is 127 cm³/mol. The van der Waals surface area contributed by atoms with Gasteiger partial charge in [-0.05, 0) is 55.8 Å². The lowest BCUT2D eigenvalue weighted by molar-refractivity contribution is -0.115. The van der Waals surface area contributed by atoms with Gasteiger partial charge in [0, 0.05) is 27.0 Å². The van der Waals surface area contributed by atoms with Crippen molar-refractivity contribution < 1.29 is 9.59 Å². The SMILES string of the molecule is Cc1ccc(N2C(=O)CSC2c2ccccc2NC(=O)c2ccc(Br)cc2)c(C)c1. The Morgan fingerprint density at radius 3 is 2.53 bits per heavy atom. The number of halogens is 1. The molecule has 4 nitrogen and oxygen atoms in total. The Kier molecular flexibility index (Phi) is 5.97. The fourth-order valence-corrected chi connectivity index (χ4v) is 5.08. The van der Waals surface area contributed by atoms with Gasteiger partial charge in [-0.3, -0.25) is 14.5 Å². The standard InChI is InChI=1S/C24H21BrN2O2S/c1-15-7-12-21(16(2)13-15)27-22(28)14-30-24(27)19-5-3-4-6-20(19)26-23(29)17-8-10-18(25)11-9-17/h3-13,24H,14H2,1-2H3,(H,26,29). The van der Waals surface area contributed by atoms with Gasteiger partial charge in [0.15, 0.2) is 0 Å². The highest BCUT2D eigenvalue weighted by molar-refractivity contribution is 9.10. The summed E-state index contributed by atoms with van der Waals surface area (Å²) < 4.78 is 0.921. The van der Waals surface area contributed by atoms with Crippen LogP contribution in [0.25, 0.3) is 0 Å². The third kappa shape index (κ3) is 4.16. The van der Waals surface area contributed by atoms with Gasteiger partial charge in [0.25, 0.3) is 5.91 Å². The number of thioether (sulfide) groups is 1. The topological polar surface area (TPSA) is 49.4 Å². The van der Waals surface area contributed by atoms with Gasteiger partial charge >= 0.3 is 0 Å². The minimum absolute atomic E-state index is 0.0750. The van der Waals surface area contributed by atoms with E-state index in [-0.39, 0.29) is 17.2 Å². The molecule has 1 unspecified atom stereocenters. The van der Waals surface area contributed by atoms with E-state index in [1.54, 1.807) is 23.9 Å². The Labute approximate surface area is 188 Å². The number of amides is 2. The van der Waals surface area contributed by atoms with E-state index in [2.05, 4.69) is 27.3 Å². The first-order chi connectivity index (χ1) is 14.4. The van der Waals surface area contributed by atoms with Crippen molar-refractivity contribution in [1.82, 2.24) is 0 Å². The Balaban J connectivity index is 1.67. The number of carbonyl (C=O) groups is 2. The highest BCUT2D eigenvalue weighted by atomic mass is 79.9. The maximum absolute atomic E-state index is 12.8. The summed E-state index contributed by atoms with van der Waals surface area (Å²) in [6, 6.07) is 21.0. The first-order valence-electron chi connectivity index (χ1n) is 9.61. The third-order valence-corrected chi connectivity index (χ3v) is 6.78. The summed E-state index contributed by atoms with van der Waals surface area (Å²) in [5.74, 6) is 0.306. The largest absolute Gasteiger partial charge is 0.322 e. The lowest BCUT2D eigenvalue weighted by Gasteiger charge is -2.27. The molecule has 152 valence electrons. The molecule has 2 amide bonds. The summed E-state index contributed by atoms with van der Waals surface area (Å²) in [7, 11) is 0. The Hall–Kier alpha value is -2.57. The fourth-order valence-electron chi connectivity index (χ4n) is 3.61. The summed E-state index contributed by atoms with van der Waals surface area (Å²) >= 11 is 4.97. The molecule has 0 radical (unpaired) electrons. The molecule has 1 fully saturated rings. The third-order valence-electron chi connectivity index (χ3n) is 5.06. The maximum atomic E-state index is 12.8. The molecule has 0 bridgehead atoms. The zero-order valence-electron chi connectivity index (χ0n) is 16.7. The Morgan fingerprint density at radius 2 is 1.80 bits per heavy atom. The Bertz CT molecular complexity index is 1110. The van der Waals surface area contributed by atoms with Crippen LogP contribution in [0.4, 0.5) is 11.4 Å². The minimum atomic E-state index is -0.194. The number of para-hydroxylation sites is 1. The number of nitrogens with zero attached hydrogens (tertiary/aromatic N) is 1. The van der Waals surface area contributed by atoms with Crippen LogP contribution in [0.5, 0.6) is 0 Å². The van der Waals surface area contributed by atoms with Crippen LogP contribution in [0.3, 0.4) is 0 Å². The van der Waals surface area contributed by atoms with Gasteiger partial charge < -0.3 is 5.32 Å². The number of aryl methyl sites for hydroxylation is 2. The van der Waals surface area contributed by atoms with Crippen LogP contribution in [0.1, 0.15) is 32.4 Å². The van der Waals surface area contributed by atoms with Crippen molar-refractivity contribution in [3.63, 3.8) is 0 Å². The molecule has 0 aromatic heterocycles. The monoisotopic (exact) mass is 480 g/mol. The number of hydrogen-bond donors (Lipinski definition) is 1. The average molecular weight is 481 g/mol.